The highest BCUT2D eigenvalue weighted by Crippen LogP contribution is 2.12. The van der Waals surface area contributed by atoms with Crippen molar-refractivity contribution >= 4 is 23.8 Å². The Morgan fingerprint density at radius 3 is 3.00 bits per heavy atom. The molecule has 0 aliphatic heterocycles. The number of fused-ring (bicyclic) bond motifs is 1. The molecule has 12 heavy (non-hydrogen) atoms. The Labute approximate surface area is 71.8 Å². The molecule has 0 atom stereocenters. The van der Waals surface area contributed by atoms with Crippen LogP contribution in [0.5, 0.6) is 0 Å². The van der Waals surface area contributed by atoms with E-state index in [1.54, 1.807) is 0 Å². The molecule has 1 heterocycles. The Kier molecular flexibility index (Phi) is 1.64. The molecule has 0 saturated heterocycles. The molecule has 2 rings (SSSR count). The van der Waals surface area contributed by atoms with Crippen LogP contribution >= 0.6 is 0 Å². The Morgan fingerprint density at radius 1 is 1.42 bits per heavy atom. The third-order valence-corrected chi connectivity index (χ3v) is 1.85. The highest BCUT2D eigenvalue weighted by Gasteiger charge is 2.01. The Morgan fingerprint density at radius 2 is 2.25 bits per heavy atom. The van der Waals surface area contributed by atoms with Gasteiger partial charge in [0.2, 0.25) is 0 Å². The predicted octanol–water partition coefficient (Wildman–Crippen LogP) is 1.51. The number of rotatable bonds is 1. The fourth-order valence-electron chi connectivity index (χ4n) is 1.24. The molecule has 59 valence electrons. The van der Waals surface area contributed by atoms with E-state index < -0.39 is 0 Å². The van der Waals surface area contributed by atoms with Crippen LogP contribution in [0.3, 0.4) is 0 Å². The minimum atomic E-state index is 0.721. The van der Waals surface area contributed by atoms with Crippen molar-refractivity contribution in [2.75, 3.05) is 0 Å². The van der Waals surface area contributed by atoms with Gasteiger partial charge in [-0.2, -0.15) is 0 Å². The van der Waals surface area contributed by atoms with E-state index in [2.05, 4.69) is 4.98 Å². The van der Waals surface area contributed by atoms with Gasteiger partial charge in [-0.3, -0.25) is 0 Å². The van der Waals surface area contributed by atoms with Crippen molar-refractivity contribution in [2.24, 2.45) is 0 Å². The summed E-state index contributed by atoms with van der Waals surface area (Å²) in [4.78, 5) is 4.21. The van der Waals surface area contributed by atoms with Crippen molar-refractivity contribution in [1.82, 2.24) is 4.98 Å². The molecule has 1 radical (unpaired) electrons. The van der Waals surface area contributed by atoms with Gasteiger partial charge >= 0.3 is 0 Å². The molecule has 0 aliphatic rings. The number of hydrogen-bond acceptors (Lipinski definition) is 2. The number of hydrogen-bond donors (Lipinski definition) is 0. The van der Waals surface area contributed by atoms with Crippen LogP contribution in [0, 0.1) is 6.92 Å². The number of aromatic nitrogens is 1. The van der Waals surface area contributed by atoms with Gasteiger partial charge in [0.25, 0.3) is 0 Å². The van der Waals surface area contributed by atoms with Crippen LogP contribution in [0.1, 0.15) is 5.89 Å². The summed E-state index contributed by atoms with van der Waals surface area (Å²) in [6.45, 7) is 3.86. The van der Waals surface area contributed by atoms with Crippen LogP contribution < -0.4 is 5.46 Å². The Bertz CT molecular complexity index is 408. The lowest BCUT2D eigenvalue weighted by Gasteiger charge is -1.91. The average molecular weight is 158 g/mol. The van der Waals surface area contributed by atoms with Gasteiger partial charge < -0.3 is 4.42 Å². The van der Waals surface area contributed by atoms with Crippen molar-refractivity contribution < 1.29 is 4.42 Å². The number of nitrogens with zero attached hydrogens (tertiary/aromatic N) is 1. The molecule has 0 fully saturated rings. The molecule has 0 aliphatic carbocycles. The first-order chi connectivity index (χ1) is 5.79. The van der Waals surface area contributed by atoms with Crippen LogP contribution in [0.4, 0.5) is 0 Å². The van der Waals surface area contributed by atoms with Gasteiger partial charge in [-0.05, 0) is 12.1 Å². The summed E-state index contributed by atoms with van der Waals surface area (Å²) in [5.74, 6) is 0.721. The number of aryl methyl sites for hydroxylation is 1. The molecule has 2 aromatic rings. The van der Waals surface area contributed by atoms with Gasteiger partial charge in [-0.15, -0.1) is 0 Å². The zero-order valence-corrected chi connectivity index (χ0v) is 7.16. The van der Waals surface area contributed by atoms with Crippen molar-refractivity contribution in [3.05, 3.63) is 24.1 Å². The molecule has 1 aromatic heterocycles. The third kappa shape index (κ3) is 1.11. The van der Waals surface area contributed by atoms with Crippen molar-refractivity contribution in [3.63, 3.8) is 0 Å². The smallest absolute Gasteiger partial charge is 0.192 e. The lowest BCUT2D eigenvalue weighted by molar-refractivity contribution is 0.561. The van der Waals surface area contributed by atoms with Gasteiger partial charge in [-0.1, -0.05) is 18.4 Å². The molecular weight excluding hydrogens is 149 g/mol. The maximum atomic E-state index is 5.38. The minimum Gasteiger partial charge on any atom is -0.441 e. The molecule has 2 nitrogen and oxygen atoms in total. The van der Waals surface area contributed by atoms with Crippen molar-refractivity contribution in [3.8, 4) is 0 Å². The van der Waals surface area contributed by atoms with E-state index in [1.165, 1.54) is 5.46 Å². The SMILES string of the molecule is C[B]c1ccc2nc(C)oc2c1. The van der Waals surface area contributed by atoms with E-state index in [-0.39, 0.29) is 0 Å². The maximum Gasteiger partial charge on any atom is 0.192 e. The fourth-order valence-corrected chi connectivity index (χ4v) is 1.24. The molecular formula is C9H9BNO. The normalized spacial score (nSPS) is 10.5. The minimum absolute atomic E-state index is 0.721. The lowest BCUT2D eigenvalue weighted by atomic mass is 9.73. The number of benzene rings is 1. The molecule has 1 aromatic carbocycles. The van der Waals surface area contributed by atoms with Gasteiger partial charge in [-0.25, -0.2) is 4.98 Å². The van der Waals surface area contributed by atoms with Crippen LogP contribution in [0.25, 0.3) is 11.1 Å². The van der Waals surface area contributed by atoms with Gasteiger partial charge in [0.05, 0.1) is 0 Å². The zero-order valence-electron chi connectivity index (χ0n) is 7.16. The summed E-state index contributed by atoms with van der Waals surface area (Å²) >= 11 is 0. The van der Waals surface area contributed by atoms with E-state index in [0.29, 0.717) is 0 Å². The quantitative estimate of drug-likeness (QED) is 0.588. The highest BCUT2D eigenvalue weighted by atomic mass is 16.3. The predicted molar refractivity (Wildman–Crippen MR) is 50.0 cm³/mol. The van der Waals surface area contributed by atoms with Crippen LogP contribution in [0.15, 0.2) is 22.6 Å². The largest absolute Gasteiger partial charge is 0.441 e. The Hall–Kier alpha value is -1.25. The van der Waals surface area contributed by atoms with Crippen LogP contribution in [0.2, 0.25) is 6.82 Å². The fraction of sp³-hybridized carbons (Fsp3) is 0.222. The molecule has 0 spiro atoms. The van der Waals surface area contributed by atoms with Crippen molar-refractivity contribution in [1.29, 1.82) is 0 Å². The lowest BCUT2D eigenvalue weighted by Crippen LogP contribution is -2.08. The zero-order chi connectivity index (χ0) is 8.55. The summed E-state index contributed by atoms with van der Waals surface area (Å²) in [7, 11) is 2.04. The molecule has 0 unspecified atom stereocenters. The van der Waals surface area contributed by atoms with Crippen LogP contribution in [-0.4, -0.2) is 12.3 Å². The maximum absolute atomic E-state index is 5.38. The summed E-state index contributed by atoms with van der Waals surface area (Å²) in [5.41, 5.74) is 2.96. The molecule has 0 amide bonds. The molecule has 0 saturated carbocycles. The summed E-state index contributed by atoms with van der Waals surface area (Å²) in [6, 6.07) is 6.00. The molecule has 0 bridgehead atoms. The van der Waals surface area contributed by atoms with E-state index in [4.69, 9.17) is 4.42 Å². The monoisotopic (exact) mass is 158 g/mol. The highest BCUT2D eigenvalue weighted by molar-refractivity contribution is 6.52. The van der Waals surface area contributed by atoms with E-state index in [0.717, 1.165) is 17.0 Å². The second-order valence-electron chi connectivity index (χ2n) is 2.75. The van der Waals surface area contributed by atoms with E-state index in [1.807, 2.05) is 39.2 Å². The topological polar surface area (TPSA) is 26.0 Å². The van der Waals surface area contributed by atoms with Crippen molar-refractivity contribution in [2.45, 2.75) is 13.7 Å². The number of oxazole rings is 1. The first-order valence-corrected chi connectivity index (χ1v) is 3.96. The van der Waals surface area contributed by atoms with Gasteiger partial charge in [0, 0.05) is 6.92 Å². The first-order valence-electron chi connectivity index (χ1n) is 3.96. The van der Waals surface area contributed by atoms with Gasteiger partial charge in [0.15, 0.2) is 11.5 Å². The second kappa shape index (κ2) is 2.66. The standard InChI is InChI=1S/C9H9BNO/c1-6-11-8-4-3-7(10-2)5-9(8)12-6/h3-5H,1-2H3. The second-order valence-corrected chi connectivity index (χ2v) is 2.75. The molecule has 0 N–H and O–H groups in total. The molecule has 3 heteroatoms. The third-order valence-electron chi connectivity index (χ3n) is 1.85. The van der Waals surface area contributed by atoms with E-state index in [9.17, 15) is 0 Å². The van der Waals surface area contributed by atoms with E-state index >= 15 is 0 Å². The Balaban J connectivity index is 2.66. The summed E-state index contributed by atoms with van der Waals surface area (Å²) in [6.07, 6.45) is 0. The van der Waals surface area contributed by atoms with Crippen LogP contribution in [-0.2, 0) is 0 Å². The first kappa shape index (κ1) is 7.41. The average Bonchev–Trinajstić information content (AvgIpc) is 2.43. The summed E-state index contributed by atoms with van der Waals surface area (Å²) in [5, 5.41) is 0. The van der Waals surface area contributed by atoms with Gasteiger partial charge in [0.1, 0.15) is 12.8 Å². The summed E-state index contributed by atoms with van der Waals surface area (Å²) < 4.78 is 5.38.